The highest BCUT2D eigenvalue weighted by molar-refractivity contribution is 5.75. The third kappa shape index (κ3) is 3.84. The van der Waals surface area contributed by atoms with Crippen LogP contribution in [-0.4, -0.2) is 9.55 Å². The van der Waals surface area contributed by atoms with Crippen molar-refractivity contribution in [1.29, 1.82) is 0 Å². The fourth-order valence-corrected chi connectivity index (χ4v) is 2.85. The second kappa shape index (κ2) is 6.92. The van der Waals surface area contributed by atoms with Gasteiger partial charge in [-0.2, -0.15) is 0 Å². The van der Waals surface area contributed by atoms with Gasteiger partial charge in [0.2, 0.25) is 0 Å². The number of benzene rings is 1. The maximum atomic E-state index is 4.64. The van der Waals surface area contributed by atoms with Crippen LogP contribution in [0.5, 0.6) is 0 Å². The molecule has 0 radical (unpaired) electrons. The van der Waals surface area contributed by atoms with Crippen LogP contribution in [0.15, 0.2) is 24.3 Å². The molecule has 2 aromatic rings. The lowest BCUT2D eigenvalue weighted by atomic mass is 9.97. The smallest absolute Gasteiger partial charge is 0.106 e. The quantitative estimate of drug-likeness (QED) is 0.677. The molecule has 20 heavy (non-hydrogen) atoms. The highest BCUT2D eigenvalue weighted by Crippen LogP contribution is 2.20. The Hall–Kier alpha value is -1.31. The van der Waals surface area contributed by atoms with Crippen LogP contribution >= 0.6 is 0 Å². The fourth-order valence-electron chi connectivity index (χ4n) is 2.85. The molecule has 0 N–H and O–H groups in total. The molecule has 1 atom stereocenters. The summed E-state index contributed by atoms with van der Waals surface area (Å²) in [6.07, 6.45) is 5.32. The molecule has 0 aliphatic carbocycles. The van der Waals surface area contributed by atoms with E-state index in [-0.39, 0.29) is 0 Å². The van der Waals surface area contributed by atoms with E-state index in [2.05, 4.69) is 61.5 Å². The van der Waals surface area contributed by atoms with Crippen molar-refractivity contribution in [2.75, 3.05) is 0 Å². The van der Waals surface area contributed by atoms with Crippen molar-refractivity contribution in [1.82, 2.24) is 9.55 Å². The lowest BCUT2D eigenvalue weighted by Crippen LogP contribution is -2.05. The number of para-hydroxylation sites is 2. The Bertz CT molecular complexity index is 539. The molecule has 0 bridgehead atoms. The zero-order valence-corrected chi connectivity index (χ0v) is 13.4. The molecule has 0 amide bonds. The van der Waals surface area contributed by atoms with E-state index in [1.54, 1.807) is 0 Å². The molecule has 2 heteroatoms. The Morgan fingerprint density at radius 2 is 1.80 bits per heavy atom. The molecule has 0 aliphatic heterocycles. The average Bonchev–Trinajstić information content (AvgIpc) is 2.71. The number of imidazole rings is 1. The number of nitrogens with zero attached hydrogens (tertiary/aromatic N) is 2. The predicted molar refractivity (Wildman–Crippen MR) is 86.9 cm³/mol. The molecule has 2 rings (SSSR count). The van der Waals surface area contributed by atoms with Crippen LogP contribution in [0.25, 0.3) is 11.0 Å². The molecular formula is C18H28N2. The summed E-state index contributed by atoms with van der Waals surface area (Å²) in [7, 11) is 0. The van der Waals surface area contributed by atoms with Crippen LogP contribution < -0.4 is 0 Å². The molecule has 1 aromatic heterocycles. The van der Waals surface area contributed by atoms with Crippen molar-refractivity contribution in [2.24, 2.45) is 11.8 Å². The molecule has 0 saturated carbocycles. The molecule has 1 unspecified atom stereocenters. The zero-order chi connectivity index (χ0) is 14.5. The normalized spacial score (nSPS) is 13.2. The van der Waals surface area contributed by atoms with Crippen LogP contribution in [0.3, 0.4) is 0 Å². The maximum Gasteiger partial charge on any atom is 0.106 e. The number of rotatable bonds is 7. The third-order valence-corrected chi connectivity index (χ3v) is 4.17. The third-order valence-electron chi connectivity index (χ3n) is 4.17. The first-order valence-electron chi connectivity index (χ1n) is 7.99. The second-order valence-corrected chi connectivity index (χ2v) is 6.52. The molecule has 110 valence electrons. The number of aromatic nitrogens is 2. The van der Waals surface area contributed by atoms with E-state index >= 15 is 0 Å². The van der Waals surface area contributed by atoms with E-state index < -0.39 is 0 Å². The van der Waals surface area contributed by atoms with Crippen LogP contribution in [-0.2, 0) is 6.54 Å². The van der Waals surface area contributed by atoms with Gasteiger partial charge in [0.1, 0.15) is 5.82 Å². The largest absolute Gasteiger partial charge is 0.328 e. The van der Waals surface area contributed by atoms with Crippen molar-refractivity contribution < 1.29 is 0 Å². The Morgan fingerprint density at radius 1 is 1.05 bits per heavy atom. The Morgan fingerprint density at radius 3 is 2.55 bits per heavy atom. The topological polar surface area (TPSA) is 17.8 Å². The first-order chi connectivity index (χ1) is 9.58. The van der Waals surface area contributed by atoms with E-state index in [1.807, 2.05) is 0 Å². The summed E-state index contributed by atoms with van der Waals surface area (Å²) in [5, 5.41) is 0. The standard InChI is InChI=1S/C18H28N2/c1-14(2)8-7-9-15(3)12-13-20-16(4)19-17-10-5-6-11-18(17)20/h5-6,10-11,14-15H,7-9,12-13H2,1-4H3. The molecular weight excluding hydrogens is 244 g/mol. The Labute approximate surface area is 123 Å². The average molecular weight is 272 g/mol. The van der Waals surface area contributed by atoms with Gasteiger partial charge in [-0.1, -0.05) is 52.2 Å². The van der Waals surface area contributed by atoms with Crippen molar-refractivity contribution in [3.63, 3.8) is 0 Å². The molecule has 0 aliphatic rings. The van der Waals surface area contributed by atoms with Gasteiger partial charge >= 0.3 is 0 Å². The Balaban J connectivity index is 1.90. The van der Waals surface area contributed by atoms with E-state index in [9.17, 15) is 0 Å². The van der Waals surface area contributed by atoms with Gasteiger partial charge in [0.05, 0.1) is 11.0 Å². The molecule has 1 heterocycles. The van der Waals surface area contributed by atoms with E-state index in [0.717, 1.165) is 29.7 Å². The van der Waals surface area contributed by atoms with Gasteiger partial charge in [0.15, 0.2) is 0 Å². The van der Waals surface area contributed by atoms with Gasteiger partial charge in [-0.25, -0.2) is 4.98 Å². The van der Waals surface area contributed by atoms with E-state index in [0.29, 0.717) is 0 Å². The maximum absolute atomic E-state index is 4.64. The van der Waals surface area contributed by atoms with Gasteiger partial charge in [-0.3, -0.25) is 0 Å². The second-order valence-electron chi connectivity index (χ2n) is 6.52. The number of aryl methyl sites for hydroxylation is 2. The van der Waals surface area contributed by atoms with Gasteiger partial charge in [0, 0.05) is 6.54 Å². The van der Waals surface area contributed by atoms with Gasteiger partial charge in [0.25, 0.3) is 0 Å². The van der Waals surface area contributed by atoms with Crippen LogP contribution in [0, 0.1) is 18.8 Å². The molecule has 0 saturated heterocycles. The molecule has 0 spiro atoms. The van der Waals surface area contributed by atoms with Crippen LogP contribution in [0.2, 0.25) is 0 Å². The van der Waals surface area contributed by atoms with Crippen molar-refractivity contribution in [2.45, 2.75) is 59.9 Å². The minimum Gasteiger partial charge on any atom is -0.328 e. The van der Waals surface area contributed by atoms with Crippen LogP contribution in [0.1, 0.15) is 52.3 Å². The van der Waals surface area contributed by atoms with E-state index in [1.165, 1.54) is 31.2 Å². The van der Waals surface area contributed by atoms with E-state index in [4.69, 9.17) is 0 Å². The highest BCUT2D eigenvalue weighted by atomic mass is 15.1. The van der Waals surface area contributed by atoms with Gasteiger partial charge in [-0.05, 0) is 37.3 Å². The monoisotopic (exact) mass is 272 g/mol. The highest BCUT2D eigenvalue weighted by Gasteiger charge is 2.09. The first kappa shape index (κ1) is 15.1. The van der Waals surface area contributed by atoms with Gasteiger partial charge in [-0.15, -0.1) is 0 Å². The van der Waals surface area contributed by atoms with Crippen LogP contribution in [0.4, 0.5) is 0 Å². The summed E-state index contributed by atoms with van der Waals surface area (Å²) in [5.74, 6) is 2.77. The van der Waals surface area contributed by atoms with Crippen molar-refractivity contribution >= 4 is 11.0 Å². The van der Waals surface area contributed by atoms with Gasteiger partial charge < -0.3 is 4.57 Å². The predicted octanol–water partition coefficient (Wildman–Crippen LogP) is 5.20. The summed E-state index contributed by atoms with van der Waals surface area (Å²) in [4.78, 5) is 4.64. The molecule has 1 aromatic carbocycles. The number of hydrogen-bond donors (Lipinski definition) is 0. The molecule has 2 nitrogen and oxygen atoms in total. The molecule has 0 fully saturated rings. The number of fused-ring (bicyclic) bond motifs is 1. The summed E-state index contributed by atoms with van der Waals surface area (Å²) in [5.41, 5.74) is 2.40. The summed E-state index contributed by atoms with van der Waals surface area (Å²) in [6, 6.07) is 8.45. The SMILES string of the molecule is Cc1nc2ccccc2n1CCC(C)CCCC(C)C. The summed E-state index contributed by atoms with van der Waals surface area (Å²) in [6.45, 7) is 10.2. The Kier molecular flexibility index (Phi) is 5.22. The first-order valence-corrected chi connectivity index (χ1v) is 7.99. The van der Waals surface area contributed by atoms with Crippen molar-refractivity contribution in [3.05, 3.63) is 30.1 Å². The van der Waals surface area contributed by atoms with Crippen molar-refractivity contribution in [3.8, 4) is 0 Å². The lowest BCUT2D eigenvalue weighted by Gasteiger charge is -2.14. The lowest BCUT2D eigenvalue weighted by molar-refractivity contribution is 0.414. The minimum absolute atomic E-state index is 0.800. The number of hydrogen-bond acceptors (Lipinski definition) is 1. The zero-order valence-electron chi connectivity index (χ0n) is 13.4. The fraction of sp³-hybridized carbons (Fsp3) is 0.611. The summed E-state index contributed by atoms with van der Waals surface area (Å²) < 4.78 is 2.37. The summed E-state index contributed by atoms with van der Waals surface area (Å²) >= 11 is 0. The minimum atomic E-state index is 0.800.